The van der Waals surface area contributed by atoms with Crippen molar-refractivity contribution in [3.05, 3.63) is 0 Å². The van der Waals surface area contributed by atoms with Gasteiger partial charge in [-0.1, -0.05) is 13.3 Å². The highest BCUT2D eigenvalue weighted by Crippen LogP contribution is 1.86. The van der Waals surface area contributed by atoms with Crippen LogP contribution in [0.25, 0.3) is 0 Å². The number of rotatable bonds is 3. The summed E-state index contributed by atoms with van der Waals surface area (Å²) in [6.45, 7) is 3.10. The van der Waals surface area contributed by atoms with E-state index in [0.29, 0.717) is 0 Å². The third-order valence-corrected chi connectivity index (χ3v) is 0.847. The van der Waals surface area contributed by atoms with Gasteiger partial charge in [0.15, 0.2) is 0 Å². The zero-order chi connectivity index (χ0) is 4.83. The molecule has 0 aliphatic rings. The van der Waals surface area contributed by atoms with Gasteiger partial charge in [-0.25, -0.2) is 0 Å². The average Bonchev–Trinajstić information content (AvgIpc) is 1.61. The molecule has 0 aromatic heterocycles. The minimum atomic E-state index is 0.952. The van der Waals surface area contributed by atoms with Gasteiger partial charge in [-0.15, -0.1) is 0 Å². The molecule has 0 unspecified atom stereocenters. The summed E-state index contributed by atoms with van der Waals surface area (Å²) in [6, 6.07) is 0. The molecule has 0 fully saturated rings. The van der Waals surface area contributed by atoms with Crippen molar-refractivity contribution in [1.82, 2.24) is 0 Å². The van der Waals surface area contributed by atoms with Crippen LogP contribution in [0.5, 0.6) is 0 Å². The van der Waals surface area contributed by atoms with Crippen molar-refractivity contribution in [1.29, 1.82) is 0 Å². The second-order valence-electron chi connectivity index (χ2n) is 1.24. The predicted octanol–water partition coefficient (Wildman–Crippen LogP) is 2.11. The smallest absolute Gasteiger partial charge is 0.0429 e. The molecule has 0 amide bonds. The van der Waals surface area contributed by atoms with Gasteiger partial charge in [0, 0.05) is 6.54 Å². The molecule has 0 spiro atoms. The van der Waals surface area contributed by atoms with E-state index in [0.717, 1.165) is 6.54 Å². The quantitative estimate of drug-likeness (QED) is 0.383. The fraction of sp³-hybridized carbons (Fsp3) is 1.00. The van der Waals surface area contributed by atoms with Crippen molar-refractivity contribution < 1.29 is 0 Å². The normalized spacial score (nSPS) is 8.17. The molecule has 0 aromatic carbocycles. The van der Waals surface area contributed by atoms with E-state index in [1.54, 1.807) is 0 Å². The van der Waals surface area contributed by atoms with Gasteiger partial charge in [0.25, 0.3) is 0 Å². The van der Waals surface area contributed by atoms with Crippen LogP contribution in [-0.4, -0.2) is 6.54 Å². The number of nitrogens with zero attached hydrogens (tertiary/aromatic N) is 1. The van der Waals surface area contributed by atoms with Crippen molar-refractivity contribution >= 4 is 9.03 Å². The lowest BCUT2D eigenvalue weighted by atomic mass is 10.3. The maximum absolute atomic E-state index is 3.73. The van der Waals surface area contributed by atoms with E-state index < -0.39 is 0 Å². The highest BCUT2D eigenvalue weighted by Gasteiger charge is 1.72. The van der Waals surface area contributed by atoms with Gasteiger partial charge in [0.05, 0.1) is 0 Å². The van der Waals surface area contributed by atoms with Crippen LogP contribution in [0.15, 0.2) is 4.74 Å². The van der Waals surface area contributed by atoms with E-state index in [9.17, 15) is 0 Å². The molecule has 6 heavy (non-hydrogen) atoms. The molecule has 0 saturated heterocycles. The summed E-state index contributed by atoms with van der Waals surface area (Å²) in [5, 5.41) is 0. The average molecular weight is 103 g/mol. The van der Waals surface area contributed by atoms with E-state index in [1.165, 1.54) is 12.8 Å². The van der Waals surface area contributed by atoms with Crippen molar-refractivity contribution in [2.45, 2.75) is 19.8 Å². The summed E-state index contributed by atoms with van der Waals surface area (Å²) >= 11 is 0. The maximum atomic E-state index is 3.73. The van der Waals surface area contributed by atoms with Crippen LogP contribution >= 0.6 is 9.03 Å². The summed E-state index contributed by atoms with van der Waals surface area (Å²) < 4.78 is 3.73. The molecule has 0 bridgehead atoms. The lowest BCUT2D eigenvalue weighted by Crippen LogP contribution is -1.71. The van der Waals surface area contributed by atoms with Gasteiger partial charge in [0.2, 0.25) is 0 Å². The topological polar surface area (TPSA) is 12.4 Å². The zero-order valence-electron chi connectivity index (χ0n) is 4.07. The van der Waals surface area contributed by atoms with Crippen LogP contribution < -0.4 is 0 Å². The van der Waals surface area contributed by atoms with E-state index >= 15 is 0 Å². The Morgan fingerprint density at radius 2 is 2.33 bits per heavy atom. The van der Waals surface area contributed by atoms with Crippen LogP contribution in [0, 0.1) is 0 Å². The SMILES string of the molecule is CCCCN=P. The monoisotopic (exact) mass is 103 g/mol. The maximum Gasteiger partial charge on any atom is 0.0429 e. The molecule has 0 aromatic rings. The van der Waals surface area contributed by atoms with Crippen LogP contribution in [0.4, 0.5) is 0 Å². The Kier molecular flexibility index (Phi) is 5.18. The Morgan fingerprint density at radius 1 is 1.67 bits per heavy atom. The fourth-order valence-corrected chi connectivity index (χ4v) is 0.395. The molecule has 1 nitrogen and oxygen atoms in total. The Labute approximate surface area is 41.1 Å². The van der Waals surface area contributed by atoms with Gasteiger partial charge >= 0.3 is 0 Å². The Bertz CT molecular complexity index is 36.5. The van der Waals surface area contributed by atoms with Crippen LogP contribution in [0.1, 0.15) is 19.8 Å². The number of hydrogen-bond donors (Lipinski definition) is 0. The molecule has 0 N–H and O–H groups in total. The molecule has 0 saturated carbocycles. The number of unbranched alkanes of at least 4 members (excludes halogenated alkanes) is 1. The van der Waals surface area contributed by atoms with Crippen molar-refractivity contribution in [3.8, 4) is 0 Å². The summed E-state index contributed by atoms with van der Waals surface area (Å²) in [5.41, 5.74) is 0. The Balaban J connectivity index is 2.49. The first-order valence-electron chi connectivity index (χ1n) is 2.25. The molecule has 0 atom stereocenters. The first-order valence-corrected chi connectivity index (χ1v) is 2.69. The lowest BCUT2D eigenvalue weighted by Gasteiger charge is -1.81. The molecular formula is C4H10NP. The largest absolute Gasteiger partial charge is 0.272 e. The first kappa shape index (κ1) is 6.10. The van der Waals surface area contributed by atoms with Gasteiger partial charge in [-0.2, -0.15) is 0 Å². The zero-order valence-corrected chi connectivity index (χ0v) is 5.07. The summed E-state index contributed by atoms with van der Waals surface area (Å²) in [6.07, 6.45) is 2.43. The second kappa shape index (κ2) is 5.10. The van der Waals surface area contributed by atoms with E-state index in [2.05, 4.69) is 20.7 Å². The molecule has 0 rings (SSSR count). The molecular weight excluding hydrogens is 93.0 g/mol. The van der Waals surface area contributed by atoms with E-state index in [4.69, 9.17) is 0 Å². The van der Waals surface area contributed by atoms with Crippen LogP contribution in [-0.2, 0) is 0 Å². The van der Waals surface area contributed by atoms with Gasteiger partial charge in [-0.05, 0) is 15.5 Å². The molecule has 0 radical (unpaired) electrons. The van der Waals surface area contributed by atoms with Gasteiger partial charge in [-0.3, -0.25) is 4.74 Å². The third-order valence-electron chi connectivity index (χ3n) is 0.623. The minimum Gasteiger partial charge on any atom is -0.272 e. The predicted molar refractivity (Wildman–Crippen MR) is 30.5 cm³/mol. The van der Waals surface area contributed by atoms with Gasteiger partial charge in [0.1, 0.15) is 0 Å². The standard InChI is InChI=1S/C4H10NP/c1-2-3-4-5-6/h6H,2-4H2,1H3. The minimum absolute atomic E-state index is 0.952. The first-order chi connectivity index (χ1) is 2.91. The van der Waals surface area contributed by atoms with E-state index in [-0.39, 0.29) is 0 Å². The van der Waals surface area contributed by atoms with E-state index in [1.807, 2.05) is 0 Å². The van der Waals surface area contributed by atoms with Crippen molar-refractivity contribution in [3.63, 3.8) is 0 Å². The Morgan fingerprint density at radius 3 is 2.50 bits per heavy atom. The van der Waals surface area contributed by atoms with Crippen LogP contribution in [0.3, 0.4) is 0 Å². The third kappa shape index (κ3) is 4.10. The molecule has 2 heteroatoms. The summed E-state index contributed by atoms with van der Waals surface area (Å²) in [5.74, 6) is 0. The molecule has 0 aliphatic carbocycles. The summed E-state index contributed by atoms with van der Waals surface area (Å²) in [4.78, 5) is 0. The highest BCUT2D eigenvalue weighted by atomic mass is 31.0. The Hall–Kier alpha value is 0.100. The molecule has 36 valence electrons. The van der Waals surface area contributed by atoms with Gasteiger partial charge < -0.3 is 0 Å². The van der Waals surface area contributed by atoms with Crippen molar-refractivity contribution in [2.24, 2.45) is 4.74 Å². The summed E-state index contributed by atoms with van der Waals surface area (Å²) in [7, 11) is 3.02. The molecule has 0 aliphatic heterocycles. The number of hydrogen-bond acceptors (Lipinski definition) is 1. The fourth-order valence-electron chi connectivity index (χ4n) is 0.237. The van der Waals surface area contributed by atoms with Crippen LogP contribution in [0.2, 0.25) is 0 Å². The molecule has 0 heterocycles. The lowest BCUT2D eigenvalue weighted by molar-refractivity contribution is 0.815. The van der Waals surface area contributed by atoms with Crippen molar-refractivity contribution in [2.75, 3.05) is 6.54 Å². The second-order valence-corrected chi connectivity index (χ2v) is 1.55. The highest BCUT2D eigenvalue weighted by molar-refractivity contribution is 7.03.